The number of pyridine rings is 1. The Balaban J connectivity index is 1.69. The zero-order chi connectivity index (χ0) is 19.3. The van der Waals surface area contributed by atoms with Crippen molar-refractivity contribution in [1.29, 1.82) is 0 Å². The Hall–Kier alpha value is -2.67. The fraction of sp³-hybridized carbons (Fsp3) is 0.333. The van der Waals surface area contributed by atoms with E-state index in [2.05, 4.69) is 17.2 Å². The number of hydrogen-bond acceptors (Lipinski definition) is 6. The number of fused-ring (bicyclic) bond motifs is 2. The summed E-state index contributed by atoms with van der Waals surface area (Å²) in [6.45, 7) is 2.20. The Labute approximate surface area is 168 Å². The summed E-state index contributed by atoms with van der Waals surface area (Å²) in [4.78, 5) is 22.3. The summed E-state index contributed by atoms with van der Waals surface area (Å²) >= 11 is 1.59. The number of unbranched alkanes of at least 4 members (excludes halogenated alkanes) is 3. The Kier molecular flexibility index (Phi) is 5.71. The average molecular weight is 394 g/mol. The second kappa shape index (κ2) is 8.56. The summed E-state index contributed by atoms with van der Waals surface area (Å²) < 4.78 is 0. The number of carbonyl (C=O) groups is 1. The molecule has 2 aliphatic rings. The molecule has 1 aromatic carbocycles. The summed E-state index contributed by atoms with van der Waals surface area (Å²) in [5.41, 5.74) is 1.29. The van der Waals surface area contributed by atoms with Gasteiger partial charge in [0.05, 0.1) is 11.1 Å². The fourth-order valence-corrected chi connectivity index (χ4v) is 4.16. The van der Waals surface area contributed by atoms with Crippen LogP contribution in [0.1, 0.15) is 44.5 Å². The largest absolute Gasteiger partial charge is 0.298 e. The first kappa shape index (κ1) is 18.7. The van der Waals surface area contributed by atoms with Crippen molar-refractivity contribution >= 4 is 28.5 Å². The molecule has 0 radical (unpaired) electrons. The Morgan fingerprint density at radius 2 is 1.96 bits per heavy atom. The van der Waals surface area contributed by atoms with E-state index >= 15 is 0 Å². The molecule has 1 aromatic heterocycles. The predicted molar refractivity (Wildman–Crippen MR) is 112 cm³/mol. The first-order valence-corrected chi connectivity index (χ1v) is 10.7. The number of hydrazone groups is 1. The van der Waals surface area contributed by atoms with Crippen molar-refractivity contribution in [1.82, 2.24) is 15.3 Å². The summed E-state index contributed by atoms with van der Waals surface area (Å²) in [6.07, 6.45) is 6.05. The highest BCUT2D eigenvalue weighted by Gasteiger charge is 2.34. The molecule has 0 fully saturated rings. The van der Waals surface area contributed by atoms with Gasteiger partial charge < -0.3 is 0 Å². The van der Waals surface area contributed by atoms with Gasteiger partial charge in [-0.1, -0.05) is 62.2 Å². The maximum absolute atomic E-state index is 13.0. The highest BCUT2D eigenvalue weighted by molar-refractivity contribution is 8.13. The highest BCUT2D eigenvalue weighted by atomic mass is 32.2. The summed E-state index contributed by atoms with van der Waals surface area (Å²) in [6, 6.07) is 13.4. The van der Waals surface area contributed by atoms with Gasteiger partial charge in [-0.05, 0) is 24.6 Å². The van der Waals surface area contributed by atoms with E-state index in [1.807, 2.05) is 42.5 Å². The summed E-state index contributed by atoms with van der Waals surface area (Å²) in [5.74, 6) is 0.791. The minimum atomic E-state index is -0.451. The van der Waals surface area contributed by atoms with Crippen LogP contribution in [0.5, 0.6) is 0 Å². The van der Waals surface area contributed by atoms with Crippen molar-refractivity contribution in [3.8, 4) is 0 Å². The molecule has 3 heterocycles. The number of hydrogen-bond donors (Lipinski definition) is 1. The minimum Gasteiger partial charge on any atom is -0.298 e. The Bertz CT molecular complexity index is 1000. The number of thioether (sulfide) groups is 1. The number of nitrogens with zero attached hydrogens (tertiary/aromatic N) is 4. The highest BCUT2D eigenvalue weighted by Crippen LogP contribution is 2.29. The van der Waals surface area contributed by atoms with Gasteiger partial charge in [0.2, 0.25) is 0 Å². The van der Waals surface area contributed by atoms with Crippen molar-refractivity contribution in [3.63, 3.8) is 0 Å². The molecule has 144 valence electrons. The van der Waals surface area contributed by atoms with Crippen molar-refractivity contribution in [2.75, 3.05) is 5.75 Å². The molecule has 1 atom stereocenters. The molecule has 1 unspecified atom stereocenters. The van der Waals surface area contributed by atoms with Gasteiger partial charge in [0.1, 0.15) is 5.70 Å². The predicted octanol–water partition coefficient (Wildman–Crippen LogP) is 2.54. The molecular formula is C21H23N5OS. The quantitative estimate of drug-likeness (QED) is 0.766. The SMILES string of the molecule is CCCCCCSC1=NN2C(=c3ccccc3=NC2c2ccccn2)C(=O)N1. The number of nitrogens with one attached hydrogen (secondary N) is 1. The van der Waals surface area contributed by atoms with E-state index in [9.17, 15) is 4.79 Å². The second-order valence-corrected chi connectivity index (χ2v) is 7.82. The summed E-state index contributed by atoms with van der Waals surface area (Å²) in [5, 5.41) is 11.6. The Morgan fingerprint density at radius 1 is 1.11 bits per heavy atom. The monoisotopic (exact) mass is 393 g/mol. The minimum absolute atomic E-state index is 0.144. The third kappa shape index (κ3) is 3.80. The molecule has 0 bridgehead atoms. The van der Waals surface area contributed by atoms with E-state index in [0.29, 0.717) is 10.9 Å². The van der Waals surface area contributed by atoms with E-state index < -0.39 is 6.17 Å². The van der Waals surface area contributed by atoms with Crippen LogP contribution in [0.3, 0.4) is 0 Å². The van der Waals surface area contributed by atoms with Gasteiger partial charge in [0, 0.05) is 17.2 Å². The van der Waals surface area contributed by atoms with Crippen LogP contribution in [0.25, 0.3) is 5.70 Å². The van der Waals surface area contributed by atoms with Crippen molar-refractivity contribution in [2.45, 2.75) is 38.8 Å². The van der Waals surface area contributed by atoms with E-state index in [1.54, 1.807) is 23.0 Å². The normalized spacial score (nSPS) is 18.0. The van der Waals surface area contributed by atoms with Crippen LogP contribution in [-0.2, 0) is 4.79 Å². The van der Waals surface area contributed by atoms with Crippen LogP contribution < -0.4 is 15.9 Å². The number of para-hydroxylation sites is 1. The van der Waals surface area contributed by atoms with Crippen molar-refractivity contribution in [2.24, 2.45) is 10.1 Å². The lowest BCUT2D eigenvalue weighted by Crippen LogP contribution is -2.50. The Morgan fingerprint density at radius 3 is 2.79 bits per heavy atom. The van der Waals surface area contributed by atoms with Gasteiger partial charge in [-0.3, -0.25) is 20.1 Å². The molecule has 2 aromatic rings. The van der Waals surface area contributed by atoms with Crippen LogP contribution in [0.4, 0.5) is 0 Å². The topological polar surface area (TPSA) is 70.0 Å². The molecule has 28 heavy (non-hydrogen) atoms. The lowest BCUT2D eigenvalue weighted by Gasteiger charge is -2.33. The van der Waals surface area contributed by atoms with Crippen LogP contribution in [0.2, 0.25) is 0 Å². The molecule has 0 saturated carbocycles. The molecule has 2 aliphatic heterocycles. The zero-order valence-corrected chi connectivity index (χ0v) is 16.7. The molecule has 1 N–H and O–H groups in total. The van der Waals surface area contributed by atoms with E-state index in [4.69, 9.17) is 10.1 Å². The number of amides is 1. The fourth-order valence-electron chi connectivity index (χ4n) is 3.31. The maximum atomic E-state index is 13.0. The number of aromatic nitrogens is 1. The number of amidine groups is 1. The van der Waals surface area contributed by atoms with Gasteiger partial charge in [-0.25, -0.2) is 5.01 Å². The van der Waals surface area contributed by atoms with Crippen LogP contribution in [0.15, 0.2) is 58.8 Å². The van der Waals surface area contributed by atoms with Gasteiger partial charge in [-0.2, -0.15) is 0 Å². The van der Waals surface area contributed by atoms with E-state index in [0.717, 1.165) is 28.4 Å². The van der Waals surface area contributed by atoms with Crippen LogP contribution >= 0.6 is 11.8 Å². The third-order valence-corrected chi connectivity index (χ3v) is 5.65. The molecule has 0 spiro atoms. The first-order valence-electron chi connectivity index (χ1n) is 9.68. The maximum Gasteiger partial charge on any atom is 0.276 e. The lowest BCUT2D eigenvalue weighted by molar-refractivity contribution is -0.116. The van der Waals surface area contributed by atoms with Crippen molar-refractivity contribution in [3.05, 3.63) is 64.9 Å². The van der Waals surface area contributed by atoms with Crippen LogP contribution in [-0.4, -0.2) is 26.8 Å². The number of benzene rings is 1. The van der Waals surface area contributed by atoms with Crippen LogP contribution in [0, 0.1) is 0 Å². The van der Waals surface area contributed by atoms with E-state index in [-0.39, 0.29) is 5.91 Å². The third-order valence-electron chi connectivity index (χ3n) is 4.70. The molecule has 1 amide bonds. The summed E-state index contributed by atoms with van der Waals surface area (Å²) in [7, 11) is 0. The van der Waals surface area contributed by atoms with Gasteiger partial charge in [0.15, 0.2) is 11.3 Å². The number of carbonyl (C=O) groups excluding carboxylic acids is 1. The molecule has 0 saturated heterocycles. The van der Waals surface area contributed by atoms with E-state index in [1.165, 1.54) is 19.3 Å². The van der Waals surface area contributed by atoms with Gasteiger partial charge >= 0.3 is 0 Å². The molecule has 7 heteroatoms. The molecule has 0 aliphatic carbocycles. The molecule has 6 nitrogen and oxygen atoms in total. The second-order valence-electron chi connectivity index (χ2n) is 6.74. The molecule has 4 rings (SSSR count). The van der Waals surface area contributed by atoms with Gasteiger partial charge in [0.25, 0.3) is 5.91 Å². The smallest absolute Gasteiger partial charge is 0.276 e. The average Bonchev–Trinajstić information content (AvgIpc) is 2.73. The van der Waals surface area contributed by atoms with Crippen molar-refractivity contribution < 1.29 is 4.79 Å². The lowest BCUT2D eigenvalue weighted by atomic mass is 10.1. The van der Waals surface area contributed by atoms with Gasteiger partial charge in [-0.15, -0.1) is 5.10 Å². The zero-order valence-electron chi connectivity index (χ0n) is 15.8. The molecular weight excluding hydrogens is 370 g/mol. The number of rotatable bonds is 6. The standard InChI is InChI=1S/C21H23N5OS/c1-2-3-4-9-14-28-21-24-20(27)18-15-10-5-6-11-16(15)23-19(26(18)25-21)17-12-7-8-13-22-17/h5-8,10-13,19H,2-4,9,14H2,1H3,(H,24,25,27). The first-order chi connectivity index (χ1) is 13.8.